The van der Waals surface area contributed by atoms with Crippen LogP contribution in [0.3, 0.4) is 0 Å². The van der Waals surface area contributed by atoms with Crippen molar-refractivity contribution in [3.63, 3.8) is 0 Å². The quantitative estimate of drug-likeness (QED) is 0.753. The zero-order chi connectivity index (χ0) is 21.1. The molecule has 30 heavy (non-hydrogen) atoms. The molecule has 0 unspecified atom stereocenters. The van der Waals surface area contributed by atoms with Crippen molar-refractivity contribution in [2.75, 3.05) is 6.61 Å². The summed E-state index contributed by atoms with van der Waals surface area (Å²) in [6.07, 6.45) is 5.25. The van der Waals surface area contributed by atoms with Crippen LogP contribution in [0.2, 0.25) is 0 Å². The molecular weight excluding hydrogens is 386 g/mol. The monoisotopic (exact) mass is 409 g/mol. The number of carboxylic acids is 1. The molecule has 0 amide bonds. The van der Waals surface area contributed by atoms with Crippen LogP contribution in [-0.2, 0) is 19.8 Å². The highest BCUT2D eigenvalue weighted by atomic mass is 16.7. The number of carbonyl (C=O) groups excluding carboxylic acids is 1. The van der Waals surface area contributed by atoms with Gasteiger partial charge in [-0.3, -0.25) is 5.32 Å². The molecule has 0 spiro atoms. The molecule has 3 aliphatic rings. The molecule has 0 radical (unpaired) electrons. The minimum absolute atomic E-state index is 0.0987. The lowest BCUT2D eigenvalue weighted by molar-refractivity contribution is -0.0593. The molecule has 156 valence electrons. The number of hydrogen-bond acceptors (Lipinski definition) is 6. The van der Waals surface area contributed by atoms with Crippen LogP contribution in [0, 0.1) is 0 Å². The number of nitrogens with zero attached hydrogens (tertiary/aromatic N) is 2. The first kappa shape index (κ1) is 18.9. The number of fused-ring (bicyclic) bond motifs is 1. The molecule has 2 aromatic rings. The van der Waals surface area contributed by atoms with Gasteiger partial charge in [-0.15, -0.1) is 0 Å². The first-order valence-electron chi connectivity index (χ1n) is 10.1. The van der Waals surface area contributed by atoms with Gasteiger partial charge in [0.05, 0.1) is 22.3 Å². The molecule has 1 saturated heterocycles. The van der Waals surface area contributed by atoms with Gasteiger partial charge in [0.25, 0.3) is 0 Å². The van der Waals surface area contributed by atoms with Crippen molar-refractivity contribution in [1.82, 2.24) is 9.72 Å². The molecule has 1 aliphatic carbocycles. The predicted octanol–water partition coefficient (Wildman–Crippen LogP) is 2.95. The number of pyridine rings is 1. The number of aromatic nitrogens is 1. The molecule has 5 rings (SSSR count). The Balaban J connectivity index is 1.58. The van der Waals surface area contributed by atoms with Crippen LogP contribution in [0.15, 0.2) is 35.4 Å². The van der Waals surface area contributed by atoms with E-state index in [0.29, 0.717) is 17.4 Å². The van der Waals surface area contributed by atoms with Gasteiger partial charge in [0.2, 0.25) is 0 Å². The lowest BCUT2D eigenvalue weighted by Crippen LogP contribution is -2.33. The number of oxime groups is 1. The van der Waals surface area contributed by atoms with Crippen LogP contribution in [0.5, 0.6) is 0 Å². The van der Waals surface area contributed by atoms with E-state index < -0.39 is 11.4 Å². The van der Waals surface area contributed by atoms with E-state index >= 15 is 0 Å². The SMILES string of the molecule is CC1(C)C[C@@H](c2ccn3c(C4(C5=NOC(=C=O)N5)CC4)c(C(=O)O)cc3c2)CCO1. The third-order valence-electron chi connectivity index (χ3n) is 6.41. The molecule has 0 bridgehead atoms. The van der Waals surface area contributed by atoms with Gasteiger partial charge in [0, 0.05) is 18.3 Å². The number of nitrogens with one attached hydrogen (secondary N) is 1. The van der Waals surface area contributed by atoms with Crippen LogP contribution in [0.4, 0.5) is 0 Å². The summed E-state index contributed by atoms with van der Waals surface area (Å²) < 4.78 is 7.77. The summed E-state index contributed by atoms with van der Waals surface area (Å²) in [6, 6.07) is 5.87. The van der Waals surface area contributed by atoms with E-state index in [9.17, 15) is 14.7 Å². The number of carboxylic acid groups (broad SMARTS) is 1. The van der Waals surface area contributed by atoms with Gasteiger partial charge in [0.1, 0.15) is 0 Å². The minimum atomic E-state index is -0.987. The standard InChI is InChI=1S/C22H23N3O5/c1-21(2)11-14(4-8-29-21)13-3-7-25-15(9-13)10-16(19(27)28)18(25)22(5-6-22)20-23-17(12-26)30-24-20/h3,7,9-10,14H,4-6,8,11H2,1-2H3,(H,23,24)(H,27,28)/t14-/m0/s1. The Morgan fingerprint density at radius 3 is 2.80 bits per heavy atom. The molecule has 2 aromatic heterocycles. The first-order valence-corrected chi connectivity index (χ1v) is 10.1. The Morgan fingerprint density at radius 2 is 2.17 bits per heavy atom. The summed E-state index contributed by atoms with van der Waals surface area (Å²) in [5, 5.41) is 16.7. The molecule has 0 aromatic carbocycles. The van der Waals surface area contributed by atoms with E-state index in [1.54, 1.807) is 12.0 Å². The Morgan fingerprint density at radius 1 is 1.37 bits per heavy atom. The van der Waals surface area contributed by atoms with Crippen molar-refractivity contribution in [2.24, 2.45) is 5.16 Å². The second-order valence-corrected chi connectivity index (χ2v) is 8.93. The van der Waals surface area contributed by atoms with E-state index in [2.05, 4.69) is 36.5 Å². The highest BCUT2D eigenvalue weighted by Gasteiger charge is 2.55. The Bertz CT molecular complexity index is 1140. The zero-order valence-corrected chi connectivity index (χ0v) is 16.9. The van der Waals surface area contributed by atoms with Gasteiger partial charge < -0.3 is 19.1 Å². The van der Waals surface area contributed by atoms with Gasteiger partial charge in [-0.1, -0.05) is 5.16 Å². The second-order valence-electron chi connectivity index (χ2n) is 8.93. The number of hydrogen-bond donors (Lipinski definition) is 2. The fourth-order valence-corrected chi connectivity index (χ4v) is 4.82. The van der Waals surface area contributed by atoms with Crippen LogP contribution in [0.25, 0.3) is 5.52 Å². The van der Waals surface area contributed by atoms with E-state index in [0.717, 1.165) is 37.8 Å². The average molecular weight is 409 g/mol. The normalized spacial score (nSPS) is 24.0. The Labute approximate surface area is 173 Å². The van der Waals surface area contributed by atoms with E-state index in [1.807, 2.05) is 10.6 Å². The van der Waals surface area contributed by atoms with Gasteiger partial charge in [-0.05, 0) is 69.2 Å². The van der Waals surface area contributed by atoms with E-state index in [1.165, 1.54) is 5.56 Å². The van der Waals surface area contributed by atoms with Crippen LogP contribution in [-0.4, -0.2) is 39.5 Å². The van der Waals surface area contributed by atoms with Gasteiger partial charge in [-0.2, -0.15) is 0 Å². The number of amidine groups is 1. The van der Waals surface area contributed by atoms with Crippen molar-refractivity contribution in [1.29, 1.82) is 0 Å². The fraction of sp³-hybridized carbons (Fsp3) is 0.455. The molecule has 8 nitrogen and oxygen atoms in total. The molecule has 2 N–H and O–H groups in total. The maximum atomic E-state index is 12.1. The lowest BCUT2D eigenvalue weighted by Gasteiger charge is -2.35. The fourth-order valence-electron chi connectivity index (χ4n) is 4.82. The predicted molar refractivity (Wildman–Crippen MR) is 108 cm³/mol. The minimum Gasteiger partial charge on any atom is -0.478 e. The summed E-state index contributed by atoms with van der Waals surface area (Å²) in [5.41, 5.74) is 2.15. The molecular formula is C22H23N3O5. The maximum Gasteiger partial charge on any atom is 0.337 e. The Kier molecular flexibility index (Phi) is 4.07. The van der Waals surface area contributed by atoms with E-state index in [4.69, 9.17) is 9.57 Å². The molecule has 8 heteroatoms. The average Bonchev–Trinajstić information content (AvgIpc) is 3.20. The molecule has 2 aliphatic heterocycles. The molecule has 4 heterocycles. The lowest BCUT2D eigenvalue weighted by atomic mass is 9.84. The second kappa shape index (κ2) is 6.45. The highest BCUT2D eigenvalue weighted by Crippen LogP contribution is 2.51. The first-order chi connectivity index (χ1) is 14.3. The van der Waals surface area contributed by atoms with Gasteiger partial charge in [-0.25, -0.2) is 9.59 Å². The molecule has 2 fully saturated rings. The van der Waals surface area contributed by atoms with Crippen molar-refractivity contribution >= 4 is 23.3 Å². The summed E-state index contributed by atoms with van der Waals surface area (Å²) in [6.45, 7) is 4.93. The van der Waals surface area contributed by atoms with Crippen molar-refractivity contribution in [3.8, 4) is 0 Å². The van der Waals surface area contributed by atoms with Crippen molar-refractivity contribution in [2.45, 2.75) is 56.5 Å². The highest BCUT2D eigenvalue weighted by molar-refractivity contribution is 6.02. The largest absolute Gasteiger partial charge is 0.478 e. The van der Waals surface area contributed by atoms with Crippen LogP contribution < -0.4 is 5.32 Å². The summed E-state index contributed by atoms with van der Waals surface area (Å²) >= 11 is 0. The van der Waals surface area contributed by atoms with Crippen LogP contribution >= 0.6 is 0 Å². The number of rotatable bonds is 4. The summed E-state index contributed by atoms with van der Waals surface area (Å²) in [5.74, 6) is 1.39. The molecule has 1 saturated carbocycles. The summed E-state index contributed by atoms with van der Waals surface area (Å²) in [4.78, 5) is 27.9. The summed E-state index contributed by atoms with van der Waals surface area (Å²) in [7, 11) is 0. The number of aromatic carboxylic acids is 1. The maximum absolute atomic E-state index is 12.1. The smallest absolute Gasteiger partial charge is 0.337 e. The van der Waals surface area contributed by atoms with Gasteiger partial charge in [0.15, 0.2) is 11.8 Å². The Hall–Kier alpha value is -3.09. The van der Waals surface area contributed by atoms with Crippen molar-refractivity contribution in [3.05, 3.63) is 47.1 Å². The van der Waals surface area contributed by atoms with E-state index in [-0.39, 0.29) is 17.0 Å². The molecule has 1 atom stereocenters. The number of carbonyl (C=O) groups is 1. The van der Waals surface area contributed by atoms with Gasteiger partial charge >= 0.3 is 11.9 Å². The topological polar surface area (TPSA) is 102 Å². The van der Waals surface area contributed by atoms with Crippen LogP contribution in [0.1, 0.15) is 67.1 Å². The van der Waals surface area contributed by atoms with Crippen molar-refractivity contribution < 1.29 is 24.3 Å². The third-order valence-corrected chi connectivity index (χ3v) is 6.41. The zero-order valence-electron chi connectivity index (χ0n) is 16.9. The third kappa shape index (κ3) is 2.91. The number of ether oxygens (including phenoxy) is 1.